The van der Waals surface area contributed by atoms with Gasteiger partial charge in [0.25, 0.3) is 0 Å². The Kier molecular flexibility index (Phi) is 7.73. The number of hydrogen-bond donors (Lipinski definition) is 1. The number of rotatable bonds is 7. The van der Waals surface area contributed by atoms with Gasteiger partial charge in [-0.05, 0) is 71.5 Å². The van der Waals surface area contributed by atoms with Gasteiger partial charge in [0.15, 0.2) is 0 Å². The molecule has 0 fully saturated rings. The van der Waals surface area contributed by atoms with Crippen molar-refractivity contribution in [1.29, 1.82) is 0 Å². The first kappa shape index (κ1) is 26.9. The topological polar surface area (TPSA) is 48.1 Å². The number of halogens is 4. The molecule has 3 nitrogen and oxygen atoms in total. The largest absolute Gasteiger partial charge is 0.494 e. The van der Waals surface area contributed by atoms with E-state index >= 15 is 0 Å². The average molecular weight is 591 g/mol. The lowest BCUT2D eigenvalue weighted by Crippen LogP contribution is -2.14. The molecule has 0 saturated carbocycles. The second-order valence-electron chi connectivity index (χ2n) is 9.24. The minimum absolute atomic E-state index is 0.0721. The number of fused-ring (bicyclic) bond motifs is 1. The second-order valence-corrected chi connectivity index (χ2v) is 10.2. The van der Waals surface area contributed by atoms with Crippen molar-refractivity contribution in [2.45, 2.75) is 25.6 Å². The van der Waals surface area contributed by atoms with Crippen molar-refractivity contribution >= 4 is 26.8 Å². The average Bonchev–Trinajstić information content (AvgIpc) is 2.93. The monoisotopic (exact) mass is 590 g/mol. The molecule has 39 heavy (non-hydrogen) atoms. The molecule has 0 aliphatic carbocycles. The number of nitrogens with zero attached hydrogens (tertiary/aromatic N) is 1. The quantitative estimate of drug-likeness (QED) is 0.206. The standard InChI is InChI=1S/C32H26BrF3N2O/c1-2-39-28-15-14-24(33)18-26(28)30(37)22-11-6-10-21(17-22)29-23(16-20-8-4-3-5-9-20)19-38-31-25(29)12-7-13-27(31)32(34,35)36/h3-15,17-19,30H,2,16,37H2,1H3. The first-order valence-corrected chi connectivity index (χ1v) is 13.4. The molecule has 198 valence electrons. The van der Waals surface area contributed by atoms with Crippen molar-refractivity contribution in [3.05, 3.63) is 129 Å². The lowest BCUT2D eigenvalue weighted by Gasteiger charge is -2.20. The molecule has 5 aromatic rings. The van der Waals surface area contributed by atoms with Gasteiger partial charge in [-0.3, -0.25) is 4.98 Å². The van der Waals surface area contributed by atoms with E-state index in [2.05, 4.69) is 20.9 Å². The molecule has 0 bridgehead atoms. The molecule has 1 aromatic heterocycles. The van der Waals surface area contributed by atoms with Gasteiger partial charge in [0, 0.05) is 21.6 Å². The Morgan fingerprint density at radius 1 is 0.923 bits per heavy atom. The predicted molar refractivity (Wildman–Crippen MR) is 153 cm³/mol. The summed E-state index contributed by atoms with van der Waals surface area (Å²) in [6.45, 7) is 2.41. The Morgan fingerprint density at radius 3 is 2.44 bits per heavy atom. The highest BCUT2D eigenvalue weighted by molar-refractivity contribution is 9.10. The van der Waals surface area contributed by atoms with Gasteiger partial charge in [-0.2, -0.15) is 13.2 Å². The van der Waals surface area contributed by atoms with E-state index in [9.17, 15) is 13.2 Å². The number of alkyl halides is 3. The molecule has 0 amide bonds. The van der Waals surface area contributed by atoms with Crippen LogP contribution >= 0.6 is 15.9 Å². The SMILES string of the molecule is CCOc1ccc(Br)cc1C(N)c1cccc(-c2c(Cc3ccccc3)cnc3c(C(F)(F)F)cccc23)c1. The van der Waals surface area contributed by atoms with Crippen LogP contribution in [0.1, 0.15) is 40.8 Å². The van der Waals surface area contributed by atoms with E-state index in [1.165, 1.54) is 6.07 Å². The zero-order chi connectivity index (χ0) is 27.6. The molecule has 1 unspecified atom stereocenters. The third-order valence-corrected chi connectivity index (χ3v) is 7.15. The third kappa shape index (κ3) is 5.70. The van der Waals surface area contributed by atoms with Crippen molar-refractivity contribution in [2.75, 3.05) is 6.61 Å². The normalized spacial score (nSPS) is 12.5. The molecule has 1 heterocycles. The van der Waals surface area contributed by atoms with Crippen molar-refractivity contribution in [3.63, 3.8) is 0 Å². The summed E-state index contributed by atoms with van der Waals surface area (Å²) in [6.07, 6.45) is -2.44. The van der Waals surface area contributed by atoms with E-state index in [0.717, 1.165) is 38.4 Å². The number of nitrogens with two attached hydrogens (primary N) is 1. The minimum atomic E-state index is -4.52. The van der Waals surface area contributed by atoms with Gasteiger partial charge >= 0.3 is 6.18 Å². The molecule has 1 atom stereocenters. The zero-order valence-corrected chi connectivity index (χ0v) is 22.8. The molecule has 2 N–H and O–H groups in total. The number of aromatic nitrogens is 1. The van der Waals surface area contributed by atoms with Gasteiger partial charge in [-0.1, -0.05) is 76.6 Å². The Labute approximate surface area is 233 Å². The van der Waals surface area contributed by atoms with Crippen LogP contribution in [0, 0.1) is 0 Å². The van der Waals surface area contributed by atoms with E-state index < -0.39 is 17.8 Å². The van der Waals surface area contributed by atoms with E-state index in [-0.39, 0.29) is 5.52 Å². The van der Waals surface area contributed by atoms with E-state index in [0.29, 0.717) is 29.7 Å². The van der Waals surface area contributed by atoms with Gasteiger partial charge in [0.1, 0.15) is 5.75 Å². The van der Waals surface area contributed by atoms with Gasteiger partial charge in [0.05, 0.1) is 23.7 Å². The van der Waals surface area contributed by atoms with E-state index in [4.69, 9.17) is 10.5 Å². The molecular formula is C32H26BrF3N2O. The summed E-state index contributed by atoms with van der Waals surface area (Å²) in [5.74, 6) is 0.688. The summed E-state index contributed by atoms with van der Waals surface area (Å²) in [4.78, 5) is 4.31. The number of pyridine rings is 1. The lowest BCUT2D eigenvalue weighted by atomic mass is 9.89. The molecular weight excluding hydrogens is 565 g/mol. The van der Waals surface area contributed by atoms with E-state index in [1.54, 1.807) is 12.3 Å². The first-order valence-electron chi connectivity index (χ1n) is 12.6. The number of para-hydroxylation sites is 1. The third-order valence-electron chi connectivity index (χ3n) is 6.66. The van der Waals surface area contributed by atoms with Gasteiger partial charge < -0.3 is 10.5 Å². The molecule has 5 rings (SSSR count). The van der Waals surface area contributed by atoms with Crippen molar-refractivity contribution in [1.82, 2.24) is 4.98 Å². The highest BCUT2D eigenvalue weighted by Gasteiger charge is 2.33. The smallest absolute Gasteiger partial charge is 0.418 e. The van der Waals surface area contributed by atoms with Crippen LogP contribution in [0.4, 0.5) is 13.2 Å². The maximum atomic E-state index is 13.9. The molecule has 0 radical (unpaired) electrons. The highest BCUT2D eigenvalue weighted by Crippen LogP contribution is 2.40. The fourth-order valence-corrected chi connectivity index (χ4v) is 5.28. The van der Waals surface area contributed by atoms with Crippen molar-refractivity contribution in [2.24, 2.45) is 5.73 Å². The number of ether oxygens (including phenoxy) is 1. The maximum absolute atomic E-state index is 13.9. The Bertz CT molecular complexity index is 1620. The minimum Gasteiger partial charge on any atom is -0.494 e. The fraction of sp³-hybridized carbons (Fsp3) is 0.156. The van der Waals surface area contributed by atoms with Crippen LogP contribution in [-0.4, -0.2) is 11.6 Å². The van der Waals surface area contributed by atoms with Crippen molar-refractivity contribution < 1.29 is 17.9 Å². The summed E-state index contributed by atoms with van der Waals surface area (Å²) in [5.41, 5.74) is 10.9. The molecule has 0 aliphatic heterocycles. The zero-order valence-electron chi connectivity index (χ0n) is 21.2. The van der Waals surface area contributed by atoms with Crippen LogP contribution < -0.4 is 10.5 Å². The Balaban J connectivity index is 1.69. The maximum Gasteiger partial charge on any atom is 0.418 e. The number of hydrogen-bond acceptors (Lipinski definition) is 3. The van der Waals surface area contributed by atoms with Crippen LogP contribution in [-0.2, 0) is 12.6 Å². The van der Waals surface area contributed by atoms with Crippen LogP contribution in [0.2, 0.25) is 0 Å². The van der Waals surface area contributed by atoms with Crippen LogP contribution in [0.5, 0.6) is 5.75 Å². The van der Waals surface area contributed by atoms with Crippen LogP contribution in [0.3, 0.4) is 0 Å². The summed E-state index contributed by atoms with van der Waals surface area (Å²) in [6, 6.07) is 26.9. The predicted octanol–water partition coefficient (Wildman–Crippen LogP) is 8.72. The lowest BCUT2D eigenvalue weighted by molar-refractivity contribution is -0.136. The highest BCUT2D eigenvalue weighted by atomic mass is 79.9. The van der Waals surface area contributed by atoms with Crippen LogP contribution in [0.25, 0.3) is 22.0 Å². The summed E-state index contributed by atoms with van der Waals surface area (Å²) in [5, 5.41) is 0.446. The number of benzene rings is 4. The van der Waals surface area contributed by atoms with E-state index in [1.807, 2.05) is 79.7 Å². The summed E-state index contributed by atoms with van der Waals surface area (Å²) in [7, 11) is 0. The van der Waals surface area contributed by atoms with Gasteiger partial charge in [-0.25, -0.2) is 0 Å². The molecule has 4 aromatic carbocycles. The van der Waals surface area contributed by atoms with Crippen LogP contribution in [0.15, 0.2) is 102 Å². The van der Waals surface area contributed by atoms with Gasteiger partial charge in [0.2, 0.25) is 0 Å². The Hall–Kier alpha value is -3.68. The first-order chi connectivity index (χ1) is 18.8. The summed E-state index contributed by atoms with van der Waals surface area (Å²) < 4.78 is 48.4. The van der Waals surface area contributed by atoms with Crippen molar-refractivity contribution in [3.8, 4) is 16.9 Å². The van der Waals surface area contributed by atoms with Gasteiger partial charge in [-0.15, -0.1) is 0 Å². The molecule has 7 heteroatoms. The fourth-order valence-electron chi connectivity index (χ4n) is 4.90. The molecule has 0 spiro atoms. The summed E-state index contributed by atoms with van der Waals surface area (Å²) >= 11 is 3.52. The second kappa shape index (κ2) is 11.2. The molecule has 0 saturated heterocycles. The molecule has 0 aliphatic rings. The Morgan fingerprint density at radius 2 is 1.69 bits per heavy atom.